The number of aromatic nitrogens is 1. The van der Waals surface area contributed by atoms with Gasteiger partial charge in [-0.3, -0.25) is 4.99 Å². The molecule has 128 valence electrons. The highest BCUT2D eigenvalue weighted by molar-refractivity contribution is 5.88. The lowest BCUT2D eigenvalue weighted by Crippen LogP contribution is -2.23. The number of aromatic amines is 1. The van der Waals surface area contributed by atoms with Crippen LogP contribution < -0.4 is 0 Å². The number of fused-ring (bicyclic) bond motifs is 1. The van der Waals surface area contributed by atoms with Crippen LogP contribution in [0.2, 0.25) is 0 Å². The number of aliphatic imine (C=N–C) groups is 1. The molecule has 6 nitrogen and oxygen atoms in total. The smallest absolute Gasteiger partial charge is 0.330 e. The molecule has 0 saturated heterocycles. The molecule has 0 bridgehead atoms. The number of carbonyl (C=O) groups excluding carboxylic acids is 1. The van der Waals surface area contributed by atoms with Gasteiger partial charge in [0.15, 0.2) is 6.04 Å². The molecule has 0 aliphatic heterocycles. The number of phenols is 2. The number of hydrogen-bond acceptors (Lipinski definition) is 5. The molecule has 0 aliphatic rings. The highest BCUT2D eigenvalue weighted by Gasteiger charge is 2.20. The summed E-state index contributed by atoms with van der Waals surface area (Å²) in [6, 6.07) is 11.2. The van der Waals surface area contributed by atoms with Crippen molar-refractivity contribution in [2.75, 3.05) is 7.11 Å². The van der Waals surface area contributed by atoms with Crippen LogP contribution in [0.15, 0.2) is 53.7 Å². The SMILES string of the molecule is COC(=O)[C@@H](Cc1c[nH]c2ccccc12)N=Cc1ccc(O)cc1O. The third-order valence-electron chi connectivity index (χ3n) is 3.97. The molecule has 3 aromatic rings. The van der Waals surface area contributed by atoms with E-state index in [1.54, 1.807) is 0 Å². The number of hydrogen-bond donors (Lipinski definition) is 3. The van der Waals surface area contributed by atoms with Gasteiger partial charge in [0.25, 0.3) is 0 Å². The van der Waals surface area contributed by atoms with Crippen LogP contribution in [-0.2, 0) is 16.0 Å². The lowest BCUT2D eigenvalue weighted by molar-refractivity contribution is -0.142. The second-order valence-electron chi connectivity index (χ2n) is 5.62. The van der Waals surface area contributed by atoms with Gasteiger partial charge in [-0.25, -0.2) is 4.79 Å². The maximum Gasteiger partial charge on any atom is 0.330 e. The Balaban J connectivity index is 1.87. The number of esters is 1. The average Bonchev–Trinajstić information content (AvgIpc) is 3.02. The van der Waals surface area contributed by atoms with Crippen molar-refractivity contribution in [3.8, 4) is 11.5 Å². The molecule has 1 heterocycles. The number of para-hydroxylation sites is 1. The molecule has 0 saturated carbocycles. The normalized spacial score (nSPS) is 12.5. The monoisotopic (exact) mass is 338 g/mol. The van der Waals surface area contributed by atoms with Crippen molar-refractivity contribution in [2.45, 2.75) is 12.5 Å². The summed E-state index contributed by atoms with van der Waals surface area (Å²) in [5.41, 5.74) is 2.35. The van der Waals surface area contributed by atoms with Crippen LogP contribution in [0.25, 0.3) is 10.9 Å². The zero-order chi connectivity index (χ0) is 17.8. The van der Waals surface area contributed by atoms with E-state index < -0.39 is 12.0 Å². The van der Waals surface area contributed by atoms with Crippen molar-refractivity contribution in [3.63, 3.8) is 0 Å². The fourth-order valence-corrected chi connectivity index (χ4v) is 2.65. The molecular formula is C19H18N2O4. The van der Waals surface area contributed by atoms with Crippen molar-refractivity contribution < 1.29 is 19.7 Å². The van der Waals surface area contributed by atoms with Gasteiger partial charge in [-0.05, 0) is 23.8 Å². The molecule has 0 spiro atoms. The number of nitrogens with one attached hydrogen (secondary N) is 1. The third kappa shape index (κ3) is 3.63. The topological polar surface area (TPSA) is 94.9 Å². The van der Waals surface area contributed by atoms with E-state index in [0.717, 1.165) is 16.5 Å². The summed E-state index contributed by atoms with van der Waals surface area (Å²) in [6.07, 6.45) is 3.63. The largest absolute Gasteiger partial charge is 0.508 e. The fourth-order valence-electron chi connectivity index (χ4n) is 2.65. The zero-order valence-corrected chi connectivity index (χ0v) is 13.6. The van der Waals surface area contributed by atoms with Crippen LogP contribution in [0.3, 0.4) is 0 Å². The Morgan fingerprint density at radius 3 is 2.84 bits per heavy atom. The van der Waals surface area contributed by atoms with Gasteiger partial charge < -0.3 is 19.9 Å². The zero-order valence-electron chi connectivity index (χ0n) is 13.6. The summed E-state index contributed by atoms with van der Waals surface area (Å²) in [6.45, 7) is 0. The van der Waals surface area contributed by atoms with E-state index in [2.05, 4.69) is 9.98 Å². The number of benzene rings is 2. The fraction of sp³-hybridized carbons (Fsp3) is 0.158. The molecule has 1 aromatic heterocycles. The Morgan fingerprint density at radius 2 is 2.08 bits per heavy atom. The van der Waals surface area contributed by atoms with Crippen LogP contribution in [-0.4, -0.2) is 40.5 Å². The second kappa shape index (κ2) is 7.09. The van der Waals surface area contributed by atoms with Gasteiger partial charge in [0.05, 0.1) is 7.11 Å². The number of ether oxygens (including phenoxy) is 1. The number of aromatic hydroxyl groups is 2. The van der Waals surface area contributed by atoms with Gasteiger partial charge in [0.2, 0.25) is 0 Å². The van der Waals surface area contributed by atoms with Crippen molar-refractivity contribution in [1.29, 1.82) is 0 Å². The molecular weight excluding hydrogens is 320 g/mol. The van der Waals surface area contributed by atoms with Crippen LogP contribution >= 0.6 is 0 Å². The molecule has 0 aliphatic carbocycles. The molecule has 3 rings (SSSR count). The van der Waals surface area contributed by atoms with Crippen molar-refractivity contribution in [1.82, 2.24) is 4.98 Å². The van der Waals surface area contributed by atoms with E-state index in [4.69, 9.17) is 4.74 Å². The van der Waals surface area contributed by atoms with Gasteiger partial charge in [0, 0.05) is 41.4 Å². The van der Waals surface area contributed by atoms with Crippen LogP contribution in [0.1, 0.15) is 11.1 Å². The molecule has 0 amide bonds. The van der Waals surface area contributed by atoms with Crippen molar-refractivity contribution >= 4 is 23.1 Å². The summed E-state index contributed by atoms with van der Waals surface area (Å²) in [4.78, 5) is 19.5. The van der Waals surface area contributed by atoms with Gasteiger partial charge >= 0.3 is 5.97 Å². The minimum atomic E-state index is -0.739. The number of carbonyl (C=O) groups is 1. The molecule has 6 heteroatoms. The van der Waals surface area contributed by atoms with Crippen molar-refractivity contribution in [3.05, 3.63) is 59.8 Å². The highest BCUT2D eigenvalue weighted by Crippen LogP contribution is 2.22. The molecule has 2 aromatic carbocycles. The van der Waals surface area contributed by atoms with E-state index in [-0.39, 0.29) is 11.5 Å². The first kappa shape index (κ1) is 16.6. The van der Waals surface area contributed by atoms with E-state index in [0.29, 0.717) is 12.0 Å². The highest BCUT2D eigenvalue weighted by atomic mass is 16.5. The number of phenolic OH excluding ortho intramolecular Hbond substituents is 2. The lowest BCUT2D eigenvalue weighted by atomic mass is 10.1. The quantitative estimate of drug-likeness (QED) is 0.492. The second-order valence-corrected chi connectivity index (χ2v) is 5.62. The number of methoxy groups -OCH3 is 1. The first-order valence-corrected chi connectivity index (χ1v) is 7.76. The van der Waals surface area contributed by atoms with Crippen LogP contribution in [0.4, 0.5) is 0 Å². The Labute approximate surface area is 144 Å². The van der Waals surface area contributed by atoms with E-state index in [9.17, 15) is 15.0 Å². The van der Waals surface area contributed by atoms with Gasteiger partial charge in [-0.15, -0.1) is 0 Å². The maximum atomic E-state index is 12.1. The Hall–Kier alpha value is -3.28. The van der Waals surface area contributed by atoms with E-state index in [1.807, 2.05) is 30.5 Å². The van der Waals surface area contributed by atoms with Gasteiger partial charge in [0.1, 0.15) is 11.5 Å². The predicted molar refractivity (Wildman–Crippen MR) is 95.2 cm³/mol. The van der Waals surface area contributed by atoms with E-state index >= 15 is 0 Å². The van der Waals surface area contributed by atoms with E-state index in [1.165, 1.54) is 31.5 Å². The predicted octanol–water partition coefficient (Wildman–Crippen LogP) is 2.78. The van der Waals surface area contributed by atoms with Crippen molar-refractivity contribution in [2.24, 2.45) is 4.99 Å². The Kier molecular flexibility index (Phi) is 4.70. The first-order valence-electron chi connectivity index (χ1n) is 7.76. The standard InChI is InChI=1S/C19H18N2O4/c1-25-19(24)17(21-10-12-6-7-14(22)9-18(12)23)8-13-11-20-16-5-3-2-4-15(13)16/h2-7,9-11,17,20,22-23H,8H2,1H3/t17-/m1/s1. The minimum absolute atomic E-state index is 0.0436. The minimum Gasteiger partial charge on any atom is -0.508 e. The average molecular weight is 338 g/mol. The number of H-pyrrole nitrogens is 1. The summed E-state index contributed by atoms with van der Waals surface area (Å²) < 4.78 is 4.85. The van der Waals surface area contributed by atoms with Gasteiger partial charge in [-0.1, -0.05) is 18.2 Å². The summed E-state index contributed by atoms with van der Waals surface area (Å²) in [5, 5.41) is 20.2. The Bertz CT molecular complexity index is 930. The third-order valence-corrected chi connectivity index (χ3v) is 3.97. The molecule has 1 atom stereocenters. The molecule has 3 N–H and O–H groups in total. The summed E-state index contributed by atoms with van der Waals surface area (Å²) in [7, 11) is 1.32. The van der Waals surface area contributed by atoms with Crippen LogP contribution in [0, 0.1) is 0 Å². The maximum absolute atomic E-state index is 12.1. The molecule has 0 radical (unpaired) electrons. The van der Waals surface area contributed by atoms with Gasteiger partial charge in [-0.2, -0.15) is 0 Å². The molecule has 0 fully saturated rings. The molecule has 25 heavy (non-hydrogen) atoms. The molecule has 0 unspecified atom stereocenters. The number of rotatable bonds is 5. The Morgan fingerprint density at radius 1 is 1.28 bits per heavy atom. The summed E-state index contributed by atoms with van der Waals surface area (Å²) in [5.74, 6) is -0.614. The first-order chi connectivity index (χ1) is 12.1. The summed E-state index contributed by atoms with van der Waals surface area (Å²) >= 11 is 0. The lowest BCUT2D eigenvalue weighted by Gasteiger charge is -2.10. The number of nitrogens with zero attached hydrogens (tertiary/aromatic N) is 1. The van der Waals surface area contributed by atoms with Crippen LogP contribution in [0.5, 0.6) is 11.5 Å².